The summed E-state index contributed by atoms with van der Waals surface area (Å²) in [6, 6.07) is 26.9. The SMILES string of the molecule is CC(F)(F)C(F)(F)COc1ccc(N)cc1.COC(=O)c1ccc(CN2CCC(=O)CC2)cc1.COC(=O)c1ccc(CN2CCC(Nc3ccc(OCC(F)(F)C(C)(F)F)cc3)CC2)cc1. The number of halogens is 8. The van der Waals surface area contributed by atoms with Crippen molar-refractivity contribution in [2.75, 3.05) is 64.7 Å². The molecule has 0 aliphatic carbocycles. The van der Waals surface area contributed by atoms with Crippen LogP contribution in [-0.2, 0) is 27.4 Å². The van der Waals surface area contributed by atoms with Crippen molar-refractivity contribution in [3.05, 3.63) is 119 Å². The summed E-state index contributed by atoms with van der Waals surface area (Å²) in [7, 11) is 2.73. The minimum Gasteiger partial charge on any atom is -0.487 e. The number of rotatable bonds is 16. The highest BCUT2D eigenvalue weighted by Gasteiger charge is 2.53. The third-order valence-corrected chi connectivity index (χ3v) is 10.8. The number of hydrogen-bond acceptors (Lipinski definition) is 11. The fourth-order valence-electron chi connectivity index (χ4n) is 6.49. The molecule has 0 unspecified atom stereocenters. The first-order valence-electron chi connectivity index (χ1n) is 21.3. The van der Waals surface area contributed by atoms with Gasteiger partial charge in [-0.15, -0.1) is 0 Å². The molecule has 0 saturated carbocycles. The number of benzene rings is 4. The van der Waals surface area contributed by atoms with E-state index in [0.717, 1.165) is 68.9 Å². The van der Waals surface area contributed by atoms with E-state index in [4.69, 9.17) is 15.2 Å². The van der Waals surface area contributed by atoms with Gasteiger partial charge in [-0.3, -0.25) is 14.6 Å². The fourth-order valence-corrected chi connectivity index (χ4v) is 6.49. The van der Waals surface area contributed by atoms with Crippen LogP contribution < -0.4 is 20.5 Å². The lowest BCUT2D eigenvalue weighted by atomic mass is 10.0. The van der Waals surface area contributed by atoms with Gasteiger partial charge in [0.2, 0.25) is 0 Å². The minimum atomic E-state index is -4.23. The van der Waals surface area contributed by atoms with Gasteiger partial charge in [0.15, 0.2) is 13.2 Å². The van der Waals surface area contributed by atoms with Crippen molar-refractivity contribution >= 4 is 29.1 Å². The van der Waals surface area contributed by atoms with E-state index in [1.54, 1.807) is 36.4 Å². The number of methoxy groups -OCH3 is 2. The Labute approximate surface area is 384 Å². The van der Waals surface area contributed by atoms with Gasteiger partial charge >= 0.3 is 35.6 Å². The normalized spacial score (nSPS) is 15.3. The van der Waals surface area contributed by atoms with Crippen LogP contribution in [0.25, 0.3) is 0 Å². The number of piperidine rings is 2. The first-order chi connectivity index (χ1) is 31.5. The second-order valence-corrected chi connectivity index (χ2v) is 16.2. The van der Waals surface area contributed by atoms with Crippen LogP contribution >= 0.6 is 0 Å². The smallest absolute Gasteiger partial charge is 0.342 e. The average Bonchev–Trinajstić information content (AvgIpc) is 3.29. The monoisotopic (exact) mass is 952 g/mol. The van der Waals surface area contributed by atoms with Gasteiger partial charge < -0.3 is 30.0 Å². The van der Waals surface area contributed by atoms with Crippen LogP contribution in [0, 0.1) is 0 Å². The highest BCUT2D eigenvalue weighted by molar-refractivity contribution is 5.89. The molecule has 4 aromatic rings. The Morgan fingerprint density at radius 2 is 0.970 bits per heavy atom. The zero-order valence-corrected chi connectivity index (χ0v) is 37.7. The van der Waals surface area contributed by atoms with Gasteiger partial charge in [0.05, 0.1) is 25.3 Å². The quantitative estimate of drug-likeness (QED) is 0.0632. The van der Waals surface area contributed by atoms with Crippen molar-refractivity contribution in [2.45, 2.75) is 82.4 Å². The molecule has 0 bridgehead atoms. The number of carbonyl (C=O) groups is 3. The number of likely N-dealkylation sites (tertiary alicyclic amines) is 2. The third-order valence-electron chi connectivity index (χ3n) is 10.8. The summed E-state index contributed by atoms with van der Waals surface area (Å²) in [4.78, 5) is 38.5. The molecule has 2 fully saturated rings. The standard InChI is InChI=1S/C24H28F4N2O3.C14H17NO3.C10H11F4NO/c1-23(25,26)24(27,28)16-33-21-9-7-19(8-10-21)29-20-11-13-30(14-12-20)15-17-3-5-18(6-4-17)22(31)32-2;1-18-14(17)12-4-2-11(3-5-12)10-15-8-6-13(16)7-9-15;1-9(11,12)10(13,14)6-16-8-4-2-7(15)3-5-8/h3-10,20,29H,11-16H2,1-2H3;2-5H,6-10H2,1H3;2-5H,6,15H2,1H3. The lowest BCUT2D eigenvalue weighted by Crippen LogP contribution is -2.42. The molecule has 366 valence electrons. The molecule has 0 spiro atoms. The van der Waals surface area contributed by atoms with Crippen LogP contribution in [0.4, 0.5) is 46.5 Å². The van der Waals surface area contributed by atoms with E-state index >= 15 is 0 Å². The summed E-state index contributed by atoms with van der Waals surface area (Å²) in [5, 5.41) is 3.41. The van der Waals surface area contributed by atoms with Gasteiger partial charge in [0, 0.05) is 83.4 Å². The lowest BCUT2D eigenvalue weighted by molar-refractivity contribution is -0.211. The Hall–Kier alpha value is -5.95. The van der Waals surface area contributed by atoms with Crippen molar-refractivity contribution in [3.8, 4) is 11.5 Å². The second kappa shape index (κ2) is 24.2. The maximum absolute atomic E-state index is 13.3. The molecule has 2 aliphatic heterocycles. The van der Waals surface area contributed by atoms with E-state index < -0.39 is 36.9 Å². The molecule has 0 radical (unpaired) electrons. The van der Waals surface area contributed by atoms with Crippen molar-refractivity contribution in [2.24, 2.45) is 0 Å². The predicted octanol–water partition coefficient (Wildman–Crippen LogP) is 9.80. The summed E-state index contributed by atoms with van der Waals surface area (Å²) in [6.07, 6.45) is 3.16. The molecule has 2 heterocycles. The first kappa shape index (κ1) is 53.7. The molecular weight excluding hydrogens is 897 g/mol. The number of hydrogen-bond donors (Lipinski definition) is 2. The summed E-state index contributed by atoms with van der Waals surface area (Å²) >= 11 is 0. The zero-order chi connectivity index (χ0) is 49.4. The number of Topliss-reactive ketones (excluding diaryl/α,β-unsaturated/α-hetero) is 1. The van der Waals surface area contributed by atoms with Crippen LogP contribution in [0.5, 0.6) is 11.5 Å². The second-order valence-electron chi connectivity index (χ2n) is 16.2. The highest BCUT2D eigenvalue weighted by Crippen LogP contribution is 2.35. The van der Waals surface area contributed by atoms with Gasteiger partial charge in [-0.05, 0) is 96.8 Å². The number of ketones is 1. The van der Waals surface area contributed by atoms with E-state index in [-0.39, 0.29) is 43.3 Å². The number of nitrogens with two attached hydrogens (primary N) is 1. The maximum Gasteiger partial charge on any atom is 0.342 e. The summed E-state index contributed by atoms with van der Waals surface area (Å²) in [5.41, 5.74) is 9.96. The molecule has 0 amide bonds. The van der Waals surface area contributed by atoms with Crippen LogP contribution in [0.15, 0.2) is 97.1 Å². The van der Waals surface area contributed by atoms with Gasteiger partial charge in [-0.25, -0.2) is 27.2 Å². The van der Waals surface area contributed by atoms with Gasteiger partial charge in [0.25, 0.3) is 0 Å². The molecule has 4 aromatic carbocycles. The molecule has 2 saturated heterocycles. The number of alkyl halides is 8. The first-order valence-corrected chi connectivity index (χ1v) is 21.3. The van der Waals surface area contributed by atoms with Gasteiger partial charge in [-0.1, -0.05) is 24.3 Å². The van der Waals surface area contributed by atoms with Crippen molar-refractivity contribution in [1.82, 2.24) is 9.80 Å². The molecular formula is C48H56F8N4O7. The van der Waals surface area contributed by atoms with E-state index in [9.17, 15) is 49.5 Å². The summed E-state index contributed by atoms with van der Waals surface area (Å²) in [5.74, 6) is -16.8. The highest BCUT2D eigenvalue weighted by atomic mass is 19.3. The third kappa shape index (κ3) is 17.3. The molecule has 0 atom stereocenters. The van der Waals surface area contributed by atoms with E-state index in [0.29, 0.717) is 35.4 Å². The Balaban J connectivity index is 0.000000242. The number of ether oxygens (including phenoxy) is 4. The number of nitrogens with one attached hydrogen (secondary N) is 1. The van der Waals surface area contributed by atoms with Crippen LogP contribution in [0.3, 0.4) is 0 Å². The Morgan fingerprint density at radius 1 is 0.597 bits per heavy atom. The van der Waals surface area contributed by atoms with Crippen LogP contribution in [0.2, 0.25) is 0 Å². The van der Waals surface area contributed by atoms with Crippen molar-refractivity contribution < 1.29 is 68.5 Å². The fraction of sp³-hybridized carbons (Fsp3) is 0.438. The maximum atomic E-state index is 13.3. The Morgan fingerprint density at radius 3 is 1.34 bits per heavy atom. The van der Waals surface area contributed by atoms with E-state index in [1.807, 2.05) is 24.3 Å². The summed E-state index contributed by atoms with van der Waals surface area (Å²) in [6.45, 7) is 2.66. The minimum absolute atomic E-state index is 0.0677. The molecule has 3 N–H and O–H groups in total. The van der Waals surface area contributed by atoms with Crippen LogP contribution in [0.1, 0.15) is 71.4 Å². The molecule has 0 aromatic heterocycles. The van der Waals surface area contributed by atoms with Crippen molar-refractivity contribution in [3.63, 3.8) is 0 Å². The predicted molar refractivity (Wildman–Crippen MR) is 236 cm³/mol. The average molecular weight is 953 g/mol. The number of anilines is 2. The Kier molecular flexibility index (Phi) is 19.4. The summed E-state index contributed by atoms with van der Waals surface area (Å²) < 4.78 is 122. The van der Waals surface area contributed by atoms with Crippen LogP contribution in [-0.4, -0.2) is 111 Å². The van der Waals surface area contributed by atoms with E-state index in [2.05, 4.69) is 24.6 Å². The Bertz CT molecular complexity index is 2150. The number of esters is 2. The molecule has 67 heavy (non-hydrogen) atoms. The lowest BCUT2D eigenvalue weighted by Gasteiger charge is -2.33. The number of nitrogen functional groups attached to an aromatic ring is 1. The zero-order valence-electron chi connectivity index (χ0n) is 37.7. The topological polar surface area (TPSA) is 133 Å². The van der Waals surface area contributed by atoms with Crippen molar-refractivity contribution in [1.29, 1.82) is 0 Å². The number of nitrogens with zero attached hydrogens (tertiary/aromatic N) is 2. The molecule has 6 rings (SSSR count). The molecule has 11 nitrogen and oxygen atoms in total. The largest absolute Gasteiger partial charge is 0.487 e. The molecule has 19 heteroatoms. The van der Waals surface area contributed by atoms with Gasteiger partial charge in [0.1, 0.15) is 17.3 Å². The van der Waals surface area contributed by atoms with Gasteiger partial charge in [-0.2, -0.15) is 17.6 Å². The van der Waals surface area contributed by atoms with E-state index in [1.165, 1.54) is 50.6 Å². The number of carbonyl (C=O) groups excluding carboxylic acids is 3. The molecule has 2 aliphatic rings.